The zero-order chi connectivity index (χ0) is 94.3. The van der Waals surface area contributed by atoms with Crippen molar-refractivity contribution in [1.82, 2.24) is 5.32 Å². The first-order valence-corrected chi connectivity index (χ1v) is 44.1. The summed E-state index contributed by atoms with van der Waals surface area (Å²) < 4.78 is 184. The Balaban J connectivity index is 0.719. The normalized spacial score (nSPS) is 14.3. The summed E-state index contributed by atoms with van der Waals surface area (Å²) in [6.45, 7) is 14.9. The first-order valence-electron chi connectivity index (χ1n) is 42.5. The predicted octanol–water partition coefficient (Wildman–Crippen LogP) is 23.4. The van der Waals surface area contributed by atoms with Crippen LogP contribution in [0.4, 0.5) is 50.9 Å². The molecule has 33 heteroatoms. The Labute approximate surface area is 758 Å². The molecule has 22 nitrogen and oxygen atoms in total. The fraction of sp³-hybridized carbons (Fsp3) is 0.327. The monoisotopic (exact) mass is 1840 g/mol. The van der Waals surface area contributed by atoms with Gasteiger partial charge in [0.25, 0.3) is 23.6 Å². The van der Waals surface area contributed by atoms with Crippen LogP contribution in [0.3, 0.4) is 0 Å². The summed E-state index contributed by atoms with van der Waals surface area (Å²) in [5.74, 6) is -5.66. The van der Waals surface area contributed by atoms with E-state index in [4.69, 9.17) is 37.9 Å². The van der Waals surface area contributed by atoms with Crippen molar-refractivity contribution in [3.63, 3.8) is 0 Å². The summed E-state index contributed by atoms with van der Waals surface area (Å²) in [6.07, 6.45) is 6.03. The Hall–Kier alpha value is -13.7. The number of carbonyl (C=O) groups excluding carboxylic acids is 7. The van der Waals surface area contributed by atoms with E-state index in [2.05, 4.69) is 55.5 Å². The Morgan fingerprint density at radius 2 is 0.985 bits per heavy atom. The van der Waals surface area contributed by atoms with E-state index in [0.717, 1.165) is 123 Å². The van der Waals surface area contributed by atoms with Gasteiger partial charge >= 0.3 is 42.4 Å². The standard InChI is InChI=1S/C98H91F9N6O16S2/c1-7-12-49-121-82-77(130-79(84(82)123-51-14-9-3)45-46-80-85(124-52-15-10-4)83(122-50-13-8-2)78(131-80)44-42-76-75(59-110)81(62(57-108)58-109)129-95(76,6)47-22-54-125-92(118)61-28-36-67(37-29-61)127-87(101)86(99)100)43-27-60-25-32-65(33-26-60)112(11-5)48-20-16-17-21-53-126-93(119)71-23-18-19-24-72(71)94(120)128-68-38-34-66(35-39-68)113-90(116)70-41-31-64(56-74(70)91(113)117)96(97(102,103)104,98(105,106)107)63-30-40-69-73(55-63)89(115)111-88(69)114/h18-19,23-46,55-56H,7-17,20-22,47-54H2,1-6H3,(H,111,114,115)/b43-27+,44-42+,46-45+. The van der Waals surface area contributed by atoms with Gasteiger partial charge in [0.2, 0.25) is 5.41 Å². The van der Waals surface area contributed by atoms with Gasteiger partial charge in [0.1, 0.15) is 40.9 Å². The van der Waals surface area contributed by atoms with Crippen molar-refractivity contribution in [2.45, 2.75) is 155 Å². The number of rotatable bonds is 44. The number of nitrogens with zero attached hydrogens (tertiary/aromatic N) is 5. The Morgan fingerprint density at radius 3 is 1.50 bits per heavy atom. The van der Waals surface area contributed by atoms with Crippen molar-refractivity contribution in [2.75, 3.05) is 62.5 Å². The van der Waals surface area contributed by atoms with Gasteiger partial charge in [-0.05, 0) is 210 Å². The predicted molar refractivity (Wildman–Crippen MR) is 474 cm³/mol. The van der Waals surface area contributed by atoms with Crippen LogP contribution in [0.5, 0.6) is 34.5 Å². The zero-order valence-electron chi connectivity index (χ0n) is 72.2. The van der Waals surface area contributed by atoms with E-state index >= 15 is 26.3 Å². The maximum Gasteiger partial charge on any atom is 0.411 e. The molecule has 684 valence electrons. The Bertz CT molecular complexity index is 5880. The molecule has 131 heavy (non-hydrogen) atoms. The third kappa shape index (κ3) is 22.6. The van der Waals surface area contributed by atoms with Crippen LogP contribution >= 0.6 is 22.7 Å². The smallest absolute Gasteiger partial charge is 0.411 e. The van der Waals surface area contributed by atoms with Crippen LogP contribution in [0.25, 0.3) is 30.4 Å². The van der Waals surface area contributed by atoms with Gasteiger partial charge in [-0.15, -0.1) is 22.7 Å². The van der Waals surface area contributed by atoms with E-state index in [9.17, 15) is 62.5 Å². The molecular weight excluding hydrogens is 1750 g/mol. The Kier molecular flexibility index (Phi) is 33.3. The zero-order valence-corrected chi connectivity index (χ0v) is 73.8. The van der Waals surface area contributed by atoms with Gasteiger partial charge < -0.3 is 47.5 Å². The number of anilines is 2. The van der Waals surface area contributed by atoms with Crippen molar-refractivity contribution < 1.29 is 116 Å². The number of nitrogens with one attached hydrogen (secondary N) is 1. The molecule has 8 aromatic rings. The maximum atomic E-state index is 15.2. The highest BCUT2D eigenvalue weighted by Gasteiger charge is 2.73. The molecule has 0 fully saturated rings. The number of ether oxygens (including phenoxy) is 9. The van der Waals surface area contributed by atoms with Crippen molar-refractivity contribution in [1.29, 1.82) is 15.8 Å². The van der Waals surface area contributed by atoms with E-state index in [-0.39, 0.29) is 71.3 Å². The van der Waals surface area contributed by atoms with E-state index in [1.807, 2.05) is 60.8 Å². The number of allylic oxidation sites excluding steroid dienone is 2. The van der Waals surface area contributed by atoms with Gasteiger partial charge in [0.05, 0.1) is 104 Å². The van der Waals surface area contributed by atoms with E-state index in [1.54, 1.807) is 19.1 Å². The molecule has 1 atom stereocenters. The number of amides is 4. The molecule has 0 radical (unpaired) electrons. The van der Waals surface area contributed by atoms with Crippen LogP contribution in [-0.4, -0.2) is 112 Å². The SMILES string of the molecule is CCCCOc1c(/C=C/C2=C(C#N)C(=C(C#N)C#N)OC2(C)CCCOC(=O)c2ccc(OC(F)=C(F)F)cc2)sc(/C=C/c2sc(/C=C/c3ccc(N(CC)CCCCCCOC(=O)c4ccccc4C(=O)Oc4ccc(N5C(=O)c6ccc(C(c7ccc8c(c7)C(=O)NC8=O)(C(F)(F)F)C(F)(F)F)cc6C5=O)cc4)cc3)c(OCCCC)c2OCCCC)c1OCCCC. The minimum Gasteiger partial charge on any atom is -0.488 e. The second-order valence-corrected chi connectivity index (χ2v) is 32.7. The highest BCUT2D eigenvalue weighted by atomic mass is 32.1. The number of benzene rings is 6. The average Bonchev–Trinajstić information content (AvgIpc) is 1.70. The number of carbonyl (C=O) groups is 7. The molecule has 11 rings (SSSR count). The van der Waals surface area contributed by atoms with Gasteiger partial charge in [0, 0.05) is 24.4 Å². The van der Waals surface area contributed by atoms with Crippen LogP contribution < -0.4 is 43.5 Å². The number of halogens is 9. The minimum atomic E-state index is -6.16. The van der Waals surface area contributed by atoms with Gasteiger partial charge in [0.15, 0.2) is 34.3 Å². The first-order chi connectivity index (χ1) is 62.9. The van der Waals surface area contributed by atoms with Crippen LogP contribution in [-0.2, 0) is 19.6 Å². The van der Waals surface area contributed by atoms with E-state index < -0.39 is 116 Å². The lowest BCUT2D eigenvalue weighted by molar-refractivity contribution is -0.288. The molecule has 5 heterocycles. The number of fused-ring (bicyclic) bond motifs is 2. The number of esters is 3. The van der Waals surface area contributed by atoms with Crippen LogP contribution in [0, 0.1) is 34.0 Å². The molecule has 1 unspecified atom stereocenters. The molecule has 0 aliphatic carbocycles. The fourth-order valence-corrected chi connectivity index (χ4v) is 16.7. The summed E-state index contributed by atoms with van der Waals surface area (Å²) >= 11 is 2.88. The van der Waals surface area contributed by atoms with Gasteiger partial charge in [-0.25, -0.2) is 19.3 Å². The van der Waals surface area contributed by atoms with Crippen LogP contribution in [0.2, 0.25) is 0 Å². The number of nitriles is 3. The summed E-state index contributed by atoms with van der Waals surface area (Å²) in [7, 11) is 0. The van der Waals surface area contributed by atoms with Crippen LogP contribution in [0.15, 0.2) is 174 Å². The molecule has 0 spiro atoms. The van der Waals surface area contributed by atoms with Gasteiger partial charge in [-0.3, -0.25) is 24.5 Å². The first kappa shape index (κ1) is 97.9. The summed E-state index contributed by atoms with van der Waals surface area (Å²) in [6, 6.07) is 29.8. The van der Waals surface area contributed by atoms with Gasteiger partial charge in [-0.2, -0.15) is 55.3 Å². The maximum absolute atomic E-state index is 15.2. The highest BCUT2D eigenvalue weighted by Crippen LogP contribution is 2.58. The third-order valence-corrected chi connectivity index (χ3v) is 23.7. The molecule has 0 saturated heterocycles. The topological polar surface area (TPSA) is 292 Å². The van der Waals surface area contributed by atoms with Crippen molar-refractivity contribution in [3.8, 4) is 52.7 Å². The molecule has 0 bridgehead atoms. The molecule has 6 aromatic carbocycles. The summed E-state index contributed by atoms with van der Waals surface area (Å²) in [5, 5.41) is 32.7. The fourth-order valence-electron chi connectivity index (χ4n) is 14.7. The number of thiophene rings is 2. The largest absolute Gasteiger partial charge is 0.488 e. The number of imide groups is 2. The second kappa shape index (κ2) is 44.5. The van der Waals surface area contributed by atoms with Gasteiger partial charge in [-0.1, -0.05) is 108 Å². The van der Waals surface area contributed by atoms with Crippen molar-refractivity contribution >= 4 is 106 Å². The molecule has 3 aliphatic rings. The van der Waals surface area contributed by atoms with Crippen molar-refractivity contribution in [2.24, 2.45) is 0 Å². The summed E-state index contributed by atoms with van der Waals surface area (Å²) in [4.78, 5) is 98.2. The van der Waals surface area contributed by atoms with Crippen molar-refractivity contribution in [3.05, 3.63) is 249 Å². The number of hydrogen-bond acceptors (Lipinski definition) is 22. The lowest BCUT2D eigenvalue weighted by atomic mass is 9.71. The molecule has 4 amide bonds. The molecule has 0 saturated carbocycles. The van der Waals surface area contributed by atoms with Crippen LogP contribution in [0.1, 0.15) is 240 Å². The van der Waals surface area contributed by atoms with E-state index in [0.29, 0.717) is 119 Å². The number of unbranched alkanes of at least 4 members (excludes halogenated alkanes) is 7. The molecule has 2 aromatic heterocycles. The quantitative estimate of drug-likeness (QED) is 0.00706. The second-order valence-electron chi connectivity index (χ2n) is 30.5. The number of alkyl halides is 6. The highest BCUT2D eigenvalue weighted by molar-refractivity contribution is 7.15. The molecule has 1 N–H and O–H groups in total. The Morgan fingerprint density at radius 1 is 0.511 bits per heavy atom. The van der Waals surface area contributed by atoms with E-state index in [1.165, 1.54) is 71.2 Å². The third-order valence-electron chi connectivity index (χ3n) is 21.6. The summed E-state index contributed by atoms with van der Waals surface area (Å²) in [5.41, 5.74) is -10.3. The molecule has 3 aliphatic heterocycles. The molecular formula is C98H91F9N6O16S2. The minimum absolute atomic E-state index is 0.0237. The average molecular weight is 1840 g/mol. The lowest BCUT2D eigenvalue weighted by Crippen LogP contribution is -2.55. The lowest BCUT2D eigenvalue weighted by Gasteiger charge is -2.38. The number of hydrogen-bond donors (Lipinski definition) is 1.